The Balaban J connectivity index is 2.17. The van der Waals surface area contributed by atoms with Gasteiger partial charge in [0.05, 0.1) is 12.7 Å². The number of benzene rings is 3. The summed E-state index contributed by atoms with van der Waals surface area (Å²) in [4.78, 5) is 12.9. The maximum Gasteiger partial charge on any atom is 0.339 e. The van der Waals surface area contributed by atoms with Crippen LogP contribution in [0.3, 0.4) is 0 Å². The van der Waals surface area contributed by atoms with E-state index >= 15 is 0 Å². The average Bonchev–Trinajstić information content (AvgIpc) is 2.67. The summed E-state index contributed by atoms with van der Waals surface area (Å²) in [7, 11) is 1.59. The zero-order valence-electron chi connectivity index (χ0n) is 16.2. The molecule has 0 N–H and O–H groups in total. The van der Waals surface area contributed by atoms with Gasteiger partial charge in [-0.25, -0.2) is 4.79 Å². The predicted octanol–water partition coefficient (Wildman–Crippen LogP) is 5.98. The molecule has 3 aromatic rings. The summed E-state index contributed by atoms with van der Waals surface area (Å²) >= 11 is 0. The molecular weight excluding hydrogens is 336 g/mol. The Labute approximate surface area is 160 Å². The van der Waals surface area contributed by atoms with Crippen molar-refractivity contribution in [2.75, 3.05) is 7.11 Å². The van der Waals surface area contributed by atoms with Crippen molar-refractivity contribution >= 4 is 5.97 Å². The van der Waals surface area contributed by atoms with Crippen molar-refractivity contribution in [3.8, 4) is 28.0 Å². The van der Waals surface area contributed by atoms with Crippen LogP contribution in [-0.4, -0.2) is 18.7 Å². The maximum absolute atomic E-state index is 12.9. The van der Waals surface area contributed by atoms with Crippen LogP contribution < -0.4 is 4.74 Å². The summed E-state index contributed by atoms with van der Waals surface area (Å²) < 4.78 is 11.0. The summed E-state index contributed by atoms with van der Waals surface area (Å²) in [6.07, 6.45) is 0. The van der Waals surface area contributed by atoms with Gasteiger partial charge in [0.1, 0.15) is 11.4 Å². The Morgan fingerprint density at radius 1 is 0.778 bits per heavy atom. The first-order valence-electron chi connectivity index (χ1n) is 8.95. The zero-order valence-corrected chi connectivity index (χ0v) is 16.2. The van der Waals surface area contributed by atoms with Crippen molar-refractivity contribution in [3.63, 3.8) is 0 Å². The van der Waals surface area contributed by atoms with Gasteiger partial charge in [0.15, 0.2) is 0 Å². The molecule has 3 rings (SSSR count). The van der Waals surface area contributed by atoms with Crippen molar-refractivity contribution in [2.24, 2.45) is 0 Å². The van der Waals surface area contributed by atoms with Gasteiger partial charge in [-0.15, -0.1) is 0 Å². The molecule has 27 heavy (non-hydrogen) atoms. The molecule has 0 aliphatic carbocycles. The number of ether oxygens (including phenoxy) is 2. The molecule has 138 valence electrons. The number of methoxy groups -OCH3 is 1. The van der Waals surface area contributed by atoms with Gasteiger partial charge in [0, 0.05) is 0 Å². The van der Waals surface area contributed by atoms with Crippen LogP contribution in [-0.2, 0) is 4.74 Å². The van der Waals surface area contributed by atoms with Crippen LogP contribution in [0.15, 0.2) is 72.8 Å². The fourth-order valence-electron chi connectivity index (χ4n) is 2.97. The number of carbonyl (C=O) groups is 1. The summed E-state index contributed by atoms with van der Waals surface area (Å²) in [6, 6.07) is 23.7. The summed E-state index contributed by atoms with van der Waals surface area (Å²) in [5.41, 5.74) is 3.88. The highest BCUT2D eigenvalue weighted by atomic mass is 16.6. The number of hydrogen-bond donors (Lipinski definition) is 0. The molecular formula is C24H24O3. The third-order valence-corrected chi connectivity index (χ3v) is 4.15. The van der Waals surface area contributed by atoms with Crippen LogP contribution >= 0.6 is 0 Å². The number of hydrogen-bond acceptors (Lipinski definition) is 3. The molecule has 0 saturated heterocycles. The smallest absolute Gasteiger partial charge is 0.339 e. The molecule has 0 atom stereocenters. The van der Waals surface area contributed by atoms with Gasteiger partial charge >= 0.3 is 5.97 Å². The van der Waals surface area contributed by atoms with Gasteiger partial charge in [0.25, 0.3) is 0 Å². The van der Waals surface area contributed by atoms with E-state index in [-0.39, 0.29) is 5.97 Å². The molecule has 3 aromatic carbocycles. The molecule has 3 nitrogen and oxygen atoms in total. The fourth-order valence-corrected chi connectivity index (χ4v) is 2.97. The Morgan fingerprint density at radius 2 is 1.41 bits per heavy atom. The standard InChI is InChI=1S/C24H24O3/c1-24(2,3)27-23(25)22-16-18(26-4)14-15-21(22)20-13-9-8-12-19(20)17-10-6-5-7-11-17/h5-16H,1-4H3. The van der Waals surface area contributed by atoms with Gasteiger partial charge in [0.2, 0.25) is 0 Å². The number of carbonyl (C=O) groups excluding carboxylic acids is 1. The van der Waals surface area contributed by atoms with E-state index in [4.69, 9.17) is 9.47 Å². The first kappa shape index (κ1) is 18.7. The third kappa shape index (κ3) is 4.37. The van der Waals surface area contributed by atoms with E-state index in [1.807, 2.05) is 69.3 Å². The van der Waals surface area contributed by atoms with Crippen molar-refractivity contribution in [1.82, 2.24) is 0 Å². The highest BCUT2D eigenvalue weighted by molar-refractivity contribution is 6.00. The second-order valence-corrected chi connectivity index (χ2v) is 7.33. The van der Waals surface area contributed by atoms with Crippen LogP contribution in [0.4, 0.5) is 0 Å². The molecule has 3 heteroatoms. The average molecular weight is 360 g/mol. The van der Waals surface area contributed by atoms with E-state index in [0.717, 1.165) is 22.3 Å². The van der Waals surface area contributed by atoms with Crippen LogP contribution in [0.5, 0.6) is 5.75 Å². The maximum atomic E-state index is 12.9. The summed E-state index contributed by atoms with van der Waals surface area (Å²) in [5.74, 6) is 0.260. The molecule has 0 fully saturated rings. The Bertz CT molecular complexity index is 937. The SMILES string of the molecule is COc1ccc(-c2ccccc2-c2ccccc2)c(C(=O)OC(C)(C)C)c1. The van der Waals surface area contributed by atoms with Crippen molar-refractivity contribution in [1.29, 1.82) is 0 Å². The Kier molecular flexibility index (Phi) is 5.31. The van der Waals surface area contributed by atoms with Gasteiger partial charge < -0.3 is 9.47 Å². The molecule has 0 heterocycles. The van der Waals surface area contributed by atoms with E-state index in [1.54, 1.807) is 13.2 Å². The molecule has 0 aliphatic rings. The lowest BCUT2D eigenvalue weighted by atomic mass is 9.91. The molecule has 0 saturated carbocycles. The first-order chi connectivity index (χ1) is 12.9. The molecule has 0 amide bonds. The van der Waals surface area contributed by atoms with E-state index in [2.05, 4.69) is 18.2 Å². The third-order valence-electron chi connectivity index (χ3n) is 4.15. The largest absolute Gasteiger partial charge is 0.497 e. The molecule has 0 aromatic heterocycles. The van der Waals surface area contributed by atoms with Crippen LogP contribution in [0.25, 0.3) is 22.3 Å². The summed E-state index contributed by atoms with van der Waals surface area (Å²) in [5, 5.41) is 0. The fraction of sp³-hybridized carbons (Fsp3) is 0.208. The van der Waals surface area contributed by atoms with Gasteiger partial charge in [-0.2, -0.15) is 0 Å². The summed E-state index contributed by atoms with van der Waals surface area (Å²) in [6.45, 7) is 5.59. The lowest BCUT2D eigenvalue weighted by Gasteiger charge is -2.21. The Morgan fingerprint density at radius 3 is 2.04 bits per heavy atom. The predicted molar refractivity (Wildman–Crippen MR) is 109 cm³/mol. The van der Waals surface area contributed by atoms with E-state index in [0.29, 0.717) is 11.3 Å². The number of rotatable bonds is 4. The van der Waals surface area contributed by atoms with E-state index in [9.17, 15) is 4.79 Å². The topological polar surface area (TPSA) is 35.5 Å². The highest BCUT2D eigenvalue weighted by Gasteiger charge is 2.22. The van der Waals surface area contributed by atoms with Crippen molar-refractivity contribution < 1.29 is 14.3 Å². The molecule has 0 bridgehead atoms. The second-order valence-electron chi connectivity index (χ2n) is 7.33. The second kappa shape index (κ2) is 7.67. The van der Waals surface area contributed by atoms with Crippen LogP contribution in [0.1, 0.15) is 31.1 Å². The van der Waals surface area contributed by atoms with Crippen molar-refractivity contribution in [2.45, 2.75) is 26.4 Å². The first-order valence-corrected chi connectivity index (χ1v) is 8.95. The molecule has 0 aliphatic heterocycles. The van der Waals surface area contributed by atoms with Gasteiger partial charge in [-0.1, -0.05) is 54.6 Å². The van der Waals surface area contributed by atoms with E-state index in [1.165, 1.54) is 0 Å². The van der Waals surface area contributed by atoms with E-state index < -0.39 is 5.60 Å². The van der Waals surface area contributed by atoms with Crippen LogP contribution in [0, 0.1) is 0 Å². The minimum atomic E-state index is -0.573. The lowest BCUT2D eigenvalue weighted by Crippen LogP contribution is -2.24. The highest BCUT2D eigenvalue weighted by Crippen LogP contribution is 2.36. The minimum absolute atomic E-state index is 0.362. The van der Waals surface area contributed by atoms with Crippen molar-refractivity contribution in [3.05, 3.63) is 78.4 Å². The Hall–Kier alpha value is -3.07. The molecule has 0 radical (unpaired) electrons. The quantitative estimate of drug-likeness (QED) is 0.537. The number of esters is 1. The van der Waals surface area contributed by atoms with Crippen LogP contribution in [0.2, 0.25) is 0 Å². The molecule has 0 unspecified atom stereocenters. The monoisotopic (exact) mass is 360 g/mol. The lowest BCUT2D eigenvalue weighted by molar-refractivity contribution is 0.00701. The zero-order chi connectivity index (χ0) is 19.4. The normalized spacial score (nSPS) is 11.1. The van der Waals surface area contributed by atoms with Gasteiger partial charge in [-0.05, 0) is 61.2 Å². The minimum Gasteiger partial charge on any atom is -0.497 e. The van der Waals surface area contributed by atoms with Gasteiger partial charge in [-0.3, -0.25) is 0 Å². The molecule has 0 spiro atoms.